The van der Waals surface area contributed by atoms with Crippen LogP contribution in [-0.4, -0.2) is 30.2 Å². The van der Waals surface area contributed by atoms with Gasteiger partial charge in [-0.15, -0.1) is 0 Å². The smallest absolute Gasteiger partial charge is 0.0991 e. The Balaban J connectivity index is 1.61. The summed E-state index contributed by atoms with van der Waals surface area (Å²) in [6, 6.07) is 21.9. The number of hydrazine groups is 1. The SMILES string of the molecule is C[C@@H]1[C@H](c2ccccc2)OCCN1N[C@@H](C)Cc1ccccc1. The average Bonchev–Trinajstić information content (AvgIpc) is 2.58. The van der Waals surface area contributed by atoms with E-state index in [0.29, 0.717) is 12.1 Å². The van der Waals surface area contributed by atoms with Gasteiger partial charge < -0.3 is 4.74 Å². The Morgan fingerprint density at radius 1 is 1.09 bits per heavy atom. The van der Waals surface area contributed by atoms with Gasteiger partial charge in [0.15, 0.2) is 0 Å². The van der Waals surface area contributed by atoms with E-state index in [-0.39, 0.29) is 6.10 Å². The molecule has 2 aromatic carbocycles. The van der Waals surface area contributed by atoms with Crippen LogP contribution in [0.4, 0.5) is 0 Å². The third-order valence-electron chi connectivity index (χ3n) is 4.46. The molecule has 2 aromatic rings. The number of hydrogen-bond acceptors (Lipinski definition) is 3. The van der Waals surface area contributed by atoms with Crippen LogP contribution < -0.4 is 5.43 Å². The fourth-order valence-corrected chi connectivity index (χ4v) is 3.28. The molecule has 0 unspecified atom stereocenters. The van der Waals surface area contributed by atoms with Gasteiger partial charge in [0.05, 0.1) is 18.8 Å². The monoisotopic (exact) mass is 310 g/mol. The Morgan fingerprint density at radius 2 is 1.74 bits per heavy atom. The van der Waals surface area contributed by atoms with Crippen LogP contribution in [0.25, 0.3) is 0 Å². The predicted molar refractivity (Wildman–Crippen MR) is 94.0 cm³/mol. The summed E-state index contributed by atoms with van der Waals surface area (Å²) in [5, 5.41) is 2.34. The van der Waals surface area contributed by atoms with Crippen LogP contribution in [-0.2, 0) is 11.2 Å². The van der Waals surface area contributed by atoms with E-state index in [1.165, 1.54) is 11.1 Å². The maximum absolute atomic E-state index is 6.02. The highest BCUT2D eigenvalue weighted by Crippen LogP contribution is 2.27. The summed E-state index contributed by atoms with van der Waals surface area (Å²) in [7, 11) is 0. The van der Waals surface area contributed by atoms with Gasteiger partial charge in [-0.1, -0.05) is 60.7 Å². The highest BCUT2D eigenvalue weighted by Gasteiger charge is 2.30. The second-order valence-electron chi connectivity index (χ2n) is 6.36. The first-order chi connectivity index (χ1) is 11.2. The summed E-state index contributed by atoms with van der Waals surface area (Å²) in [4.78, 5) is 0. The molecule has 0 spiro atoms. The zero-order valence-corrected chi connectivity index (χ0v) is 14.0. The van der Waals surface area contributed by atoms with Crippen molar-refractivity contribution in [3.8, 4) is 0 Å². The second-order valence-corrected chi connectivity index (χ2v) is 6.36. The fourth-order valence-electron chi connectivity index (χ4n) is 3.28. The quantitative estimate of drug-likeness (QED) is 0.913. The Labute approximate surface area is 139 Å². The highest BCUT2D eigenvalue weighted by atomic mass is 16.5. The van der Waals surface area contributed by atoms with E-state index in [1.807, 2.05) is 0 Å². The van der Waals surface area contributed by atoms with Crippen molar-refractivity contribution in [1.29, 1.82) is 0 Å². The van der Waals surface area contributed by atoms with Gasteiger partial charge in [0, 0.05) is 12.6 Å². The normalized spacial score (nSPS) is 23.6. The van der Waals surface area contributed by atoms with E-state index in [2.05, 4.69) is 84.9 Å². The first-order valence-electron chi connectivity index (χ1n) is 8.47. The number of benzene rings is 2. The molecule has 0 saturated carbocycles. The number of nitrogens with one attached hydrogen (secondary N) is 1. The molecule has 1 N–H and O–H groups in total. The molecule has 0 aliphatic carbocycles. The maximum Gasteiger partial charge on any atom is 0.0991 e. The molecule has 0 bridgehead atoms. The summed E-state index contributed by atoms with van der Waals surface area (Å²) in [6.45, 7) is 6.16. The van der Waals surface area contributed by atoms with Crippen LogP contribution in [0.15, 0.2) is 60.7 Å². The molecule has 1 heterocycles. The van der Waals surface area contributed by atoms with Gasteiger partial charge in [0.25, 0.3) is 0 Å². The lowest BCUT2D eigenvalue weighted by Gasteiger charge is -2.41. The highest BCUT2D eigenvalue weighted by molar-refractivity contribution is 5.19. The first-order valence-corrected chi connectivity index (χ1v) is 8.47. The molecule has 0 amide bonds. The molecule has 1 aliphatic rings. The second kappa shape index (κ2) is 7.73. The number of nitrogens with zero attached hydrogens (tertiary/aromatic N) is 1. The molecule has 1 saturated heterocycles. The predicted octanol–water partition coefficient (Wildman–Crippen LogP) is 3.58. The molecular formula is C20H26N2O. The van der Waals surface area contributed by atoms with Crippen LogP contribution in [0.5, 0.6) is 0 Å². The maximum atomic E-state index is 6.02. The lowest BCUT2D eigenvalue weighted by molar-refractivity contribution is -0.0913. The van der Waals surface area contributed by atoms with Crippen LogP contribution in [0.1, 0.15) is 31.1 Å². The summed E-state index contributed by atoms with van der Waals surface area (Å²) in [6.07, 6.45) is 1.15. The summed E-state index contributed by atoms with van der Waals surface area (Å²) in [5.41, 5.74) is 6.29. The molecule has 3 heteroatoms. The Bertz CT molecular complexity index is 587. The van der Waals surface area contributed by atoms with Crippen LogP contribution in [0.2, 0.25) is 0 Å². The average molecular weight is 310 g/mol. The van der Waals surface area contributed by atoms with Crippen molar-refractivity contribution in [2.45, 2.75) is 38.5 Å². The van der Waals surface area contributed by atoms with Crippen LogP contribution >= 0.6 is 0 Å². The Morgan fingerprint density at radius 3 is 2.43 bits per heavy atom. The molecule has 122 valence electrons. The molecule has 3 nitrogen and oxygen atoms in total. The first kappa shape index (κ1) is 16.2. The van der Waals surface area contributed by atoms with Crippen molar-refractivity contribution < 1.29 is 4.74 Å². The fraction of sp³-hybridized carbons (Fsp3) is 0.400. The van der Waals surface area contributed by atoms with Gasteiger partial charge in [0.1, 0.15) is 0 Å². The number of morpholine rings is 1. The molecule has 23 heavy (non-hydrogen) atoms. The Hall–Kier alpha value is -1.68. The number of hydrogen-bond donors (Lipinski definition) is 1. The van der Waals surface area contributed by atoms with Crippen LogP contribution in [0.3, 0.4) is 0 Å². The molecular weight excluding hydrogens is 284 g/mol. The van der Waals surface area contributed by atoms with Crippen molar-refractivity contribution in [1.82, 2.24) is 10.4 Å². The largest absolute Gasteiger partial charge is 0.370 e. The zero-order valence-electron chi connectivity index (χ0n) is 14.0. The molecule has 3 atom stereocenters. The summed E-state index contributed by atoms with van der Waals surface area (Å²) >= 11 is 0. The molecule has 0 radical (unpaired) electrons. The minimum Gasteiger partial charge on any atom is -0.370 e. The van der Waals surface area contributed by atoms with Gasteiger partial charge >= 0.3 is 0 Å². The number of rotatable bonds is 5. The van der Waals surface area contributed by atoms with Gasteiger partial charge in [-0.25, -0.2) is 5.01 Å². The summed E-state index contributed by atoms with van der Waals surface area (Å²) in [5.74, 6) is 0. The van der Waals surface area contributed by atoms with E-state index >= 15 is 0 Å². The van der Waals surface area contributed by atoms with E-state index in [0.717, 1.165) is 19.6 Å². The minimum absolute atomic E-state index is 0.126. The third-order valence-corrected chi connectivity index (χ3v) is 4.46. The van der Waals surface area contributed by atoms with Crippen molar-refractivity contribution in [2.24, 2.45) is 0 Å². The standard InChI is InChI=1S/C20H26N2O/c1-16(15-18-9-5-3-6-10-18)21-22-13-14-23-20(17(22)2)19-11-7-4-8-12-19/h3-12,16-17,20-21H,13-15H2,1-2H3/t16-,17+,20+/m0/s1. The van der Waals surface area contributed by atoms with Crippen LogP contribution in [0, 0.1) is 0 Å². The third kappa shape index (κ3) is 4.20. The minimum atomic E-state index is 0.126. The molecule has 0 aromatic heterocycles. The van der Waals surface area contributed by atoms with Crippen molar-refractivity contribution in [2.75, 3.05) is 13.2 Å². The van der Waals surface area contributed by atoms with E-state index in [1.54, 1.807) is 0 Å². The van der Waals surface area contributed by atoms with Gasteiger partial charge in [0.2, 0.25) is 0 Å². The molecule has 1 fully saturated rings. The van der Waals surface area contributed by atoms with Gasteiger partial charge in [-0.05, 0) is 31.4 Å². The lowest BCUT2D eigenvalue weighted by atomic mass is 10.0. The zero-order chi connectivity index (χ0) is 16.1. The van der Waals surface area contributed by atoms with E-state index in [9.17, 15) is 0 Å². The topological polar surface area (TPSA) is 24.5 Å². The van der Waals surface area contributed by atoms with E-state index < -0.39 is 0 Å². The lowest BCUT2D eigenvalue weighted by Crippen LogP contribution is -2.55. The summed E-state index contributed by atoms with van der Waals surface area (Å²) < 4.78 is 6.02. The Kier molecular flexibility index (Phi) is 5.44. The van der Waals surface area contributed by atoms with Gasteiger partial charge in [-0.2, -0.15) is 0 Å². The van der Waals surface area contributed by atoms with Crippen molar-refractivity contribution in [3.63, 3.8) is 0 Å². The van der Waals surface area contributed by atoms with E-state index in [4.69, 9.17) is 4.74 Å². The van der Waals surface area contributed by atoms with Crippen molar-refractivity contribution in [3.05, 3.63) is 71.8 Å². The molecule has 3 rings (SSSR count). The van der Waals surface area contributed by atoms with Crippen molar-refractivity contribution >= 4 is 0 Å². The van der Waals surface area contributed by atoms with Gasteiger partial charge in [-0.3, -0.25) is 5.43 Å². The number of ether oxygens (including phenoxy) is 1. The molecule has 1 aliphatic heterocycles.